The molecule has 0 fully saturated rings. The summed E-state index contributed by atoms with van der Waals surface area (Å²) in [7, 11) is 0. The van der Waals surface area contributed by atoms with Gasteiger partial charge >= 0.3 is 0 Å². The van der Waals surface area contributed by atoms with Crippen LogP contribution in [-0.2, 0) is 6.42 Å². The number of nitrogens with one attached hydrogen (secondary N) is 1. The molecule has 0 aromatic heterocycles. The Morgan fingerprint density at radius 3 is 2.47 bits per heavy atom. The van der Waals surface area contributed by atoms with E-state index in [0.29, 0.717) is 5.75 Å². The van der Waals surface area contributed by atoms with Crippen molar-refractivity contribution < 1.29 is 5.11 Å². The maximum atomic E-state index is 10.2. The van der Waals surface area contributed by atoms with Crippen LogP contribution in [-0.4, -0.2) is 10.0 Å². The highest BCUT2D eigenvalue weighted by Crippen LogP contribution is 2.43. The molecule has 32 heavy (non-hydrogen) atoms. The summed E-state index contributed by atoms with van der Waals surface area (Å²) >= 11 is 0. The number of phenols is 1. The molecule has 0 saturated heterocycles. The van der Waals surface area contributed by atoms with E-state index in [9.17, 15) is 5.11 Å². The molecular formula is C29H26N2O. The molecule has 5 rings (SSSR count). The summed E-state index contributed by atoms with van der Waals surface area (Å²) in [5, 5.41) is 13.7. The lowest BCUT2D eigenvalue weighted by atomic mass is 10.0. The molecule has 0 bridgehead atoms. The Morgan fingerprint density at radius 1 is 0.938 bits per heavy atom. The predicted molar refractivity (Wildman–Crippen MR) is 132 cm³/mol. The van der Waals surface area contributed by atoms with E-state index in [1.54, 1.807) is 6.07 Å². The molecule has 3 aromatic rings. The van der Waals surface area contributed by atoms with Crippen molar-refractivity contribution in [3.05, 3.63) is 132 Å². The van der Waals surface area contributed by atoms with E-state index in [0.717, 1.165) is 41.1 Å². The number of benzene rings is 3. The molecule has 158 valence electrons. The highest BCUT2D eigenvalue weighted by molar-refractivity contribution is 5.67. The number of allylic oxidation sites excluding steroid dienone is 2. The molecule has 0 saturated carbocycles. The van der Waals surface area contributed by atoms with Crippen LogP contribution >= 0.6 is 0 Å². The van der Waals surface area contributed by atoms with Crippen LogP contribution in [0.25, 0.3) is 11.1 Å². The number of fused-ring (bicyclic) bond motifs is 1. The average molecular weight is 419 g/mol. The normalized spacial score (nSPS) is 17.1. The van der Waals surface area contributed by atoms with E-state index in [2.05, 4.69) is 72.0 Å². The van der Waals surface area contributed by atoms with E-state index in [-0.39, 0.29) is 6.04 Å². The molecule has 1 aliphatic carbocycles. The largest absolute Gasteiger partial charge is 0.508 e. The van der Waals surface area contributed by atoms with Gasteiger partial charge in [0.05, 0.1) is 6.04 Å². The Morgan fingerprint density at radius 2 is 1.69 bits per heavy atom. The van der Waals surface area contributed by atoms with Gasteiger partial charge in [-0.25, -0.2) is 0 Å². The summed E-state index contributed by atoms with van der Waals surface area (Å²) in [5.41, 5.74) is 8.29. The fourth-order valence-electron chi connectivity index (χ4n) is 4.64. The van der Waals surface area contributed by atoms with Gasteiger partial charge in [0.15, 0.2) is 0 Å². The average Bonchev–Trinajstić information content (AvgIpc) is 3.25. The van der Waals surface area contributed by atoms with Gasteiger partial charge in [0.1, 0.15) is 5.75 Å². The van der Waals surface area contributed by atoms with Gasteiger partial charge in [0.25, 0.3) is 0 Å². The van der Waals surface area contributed by atoms with Gasteiger partial charge in [0.2, 0.25) is 0 Å². The van der Waals surface area contributed by atoms with Crippen LogP contribution in [0.15, 0.2) is 121 Å². The molecule has 1 heterocycles. The quantitative estimate of drug-likeness (QED) is 0.471. The van der Waals surface area contributed by atoms with Crippen molar-refractivity contribution in [1.82, 2.24) is 4.90 Å². The Balaban J connectivity index is 1.31. The first-order valence-electron chi connectivity index (χ1n) is 10.9. The summed E-state index contributed by atoms with van der Waals surface area (Å²) in [6.45, 7) is 8.66. The highest BCUT2D eigenvalue weighted by Gasteiger charge is 2.31. The van der Waals surface area contributed by atoms with Gasteiger partial charge in [-0.05, 0) is 65.4 Å². The van der Waals surface area contributed by atoms with Crippen molar-refractivity contribution in [3.8, 4) is 16.9 Å². The van der Waals surface area contributed by atoms with Crippen LogP contribution in [0.3, 0.4) is 0 Å². The van der Waals surface area contributed by atoms with Crippen LogP contribution in [0.2, 0.25) is 0 Å². The maximum absolute atomic E-state index is 10.2. The summed E-state index contributed by atoms with van der Waals surface area (Å²) in [6, 6.07) is 24.7. The summed E-state index contributed by atoms with van der Waals surface area (Å²) in [4.78, 5) is 2.20. The molecule has 1 atom stereocenters. The van der Waals surface area contributed by atoms with Gasteiger partial charge in [0, 0.05) is 28.9 Å². The molecule has 3 nitrogen and oxygen atoms in total. The number of nitrogens with zero attached hydrogens (tertiary/aromatic N) is 1. The summed E-state index contributed by atoms with van der Waals surface area (Å²) < 4.78 is 0. The Labute approximate surface area is 189 Å². The molecule has 1 unspecified atom stereocenters. The molecular weight excluding hydrogens is 392 g/mol. The first-order valence-corrected chi connectivity index (χ1v) is 10.9. The minimum Gasteiger partial charge on any atom is -0.508 e. The lowest BCUT2D eigenvalue weighted by Crippen LogP contribution is -2.25. The number of hydrogen-bond acceptors (Lipinski definition) is 3. The second-order valence-corrected chi connectivity index (χ2v) is 8.22. The Bertz CT molecular complexity index is 1240. The van der Waals surface area contributed by atoms with Crippen molar-refractivity contribution in [2.45, 2.75) is 18.9 Å². The fraction of sp³-hybridized carbons (Fsp3) is 0.103. The van der Waals surface area contributed by atoms with Crippen LogP contribution in [0.4, 0.5) is 5.69 Å². The molecule has 3 aromatic carbocycles. The van der Waals surface area contributed by atoms with Crippen molar-refractivity contribution in [2.75, 3.05) is 5.32 Å². The second-order valence-electron chi connectivity index (χ2n) is 8.22. The third-order valence-corrected chi connectivity index (χ3v) is 6.29. The molecule has 2 aliphatic rings. The summed E-state index contributed by atoms with van der Waals surface area (Å²) in [6.07, 6.45) is 7.97. The van der Waals surface area contributed by atoms with Crippen LogP contribution in [0, 0.1) is 0 Å². The third kappa shape index (κ3) is 3.63. The zero-order valence-corrected chi connectivity index (χ0v) is 18.0. The molecule has 0 radical (unpaired) electrons. The third-order valence-electron chi connectivity index (χ3n) is 6.29. The van der Waals surface area contributed by atoms with Crippen molar-refractivity contribution in [2.24, 2.45) is 0 Å². The maximum Gasteiger partial charge on any atom is 0.119 e. The first-order chi connectivity index (χ1) is 15.6. The smallest absolute Gasteiger partial charge is 0.119 e. The zero-order chi connectivity index (χ0) is 22.1. The number of phenolic OH excluding ortho intramolecular Hbond substituents is 1. The van der Waals surface area contributed by atoms with E-state index >= 15 is 0 Å². The van der Waals surface area contributed by atoms with E-state index in [4.69, 9.17) is 0 Å². The van der Waals surface area contributed by atoms with Gasteiger partial charge < -0.3 is 15.3 Å². The lowest BCUT2D eigenvalue weighted by Gasteiger charge is -2.34. The Hall–Kier alpha value is -3.98. The van der Waals surface area contributed by atoms with Gasteiger partial charge in [-0.1, -0.05) is 67.8 Å². The minimum absolute atomic E-state index is 0.169. The van der Waals surface area contributed by atoms with Crippen LogP contribution in [0.1, 0.15) is 23.6 Å². The highest BCUT2D eigenvalue weighted by atomic mass is 16.3. The van der Waals surface area contributed by atoms with E-state index < -0.39 is 0 Å². The lowest BCUT2D eigenvalue weighted by molar-refractivity contribution is 0.349. The first kappa shape index (κ1) is 20.0. The topological polar surface area (TPSA) is 35.5 Å². The fourth-order valence-corrected chi connectivity index (χ4v) is 4.64. The Kier molecular flexibility index (Phi) is 5.16. The predicted octanol–water partition coefficient (Wildman–Crippen LogP) is 6.94. The minimum atomic E-state index is 0.169. The van der Waals surface area contributed by atoms with Gasteiger partial charge in [-0.15, -0.1) is 0 Å². The van der Waals surface area contributed by atoms with Crippen LogP contribution in [0.5, 0.6) is 5.75 Å². The number of hydrogen-bond donors (Lipinski definition) is 2. The van der Waals surface area contributed by atoms with Gasteiger partial charge in [-0.3, -0.25) is 0 Å². The molecule has 0 spiro atoms. The molecule has 3 heteroatoms. The van der Waals surface area contributed by atoms with E-state index in [1.165, 1.54) is 16.7 Å². The van der Waals surface area contributed by atoms with Crippen molar-refractivity contribution >= 4 is 5.69 Å². The number of rotatable bonds is 5. The second kappa shape index (κ2) is 8.27. The van der Waals surface area contributed by atoms with Crippen LogP contribution < -0.4 is 5.32 Å². The molecule has 2 N–H and O–H groups in total. The SMILES string of the molecule is C=C(Nc1ccc(-c2ccccc2)cc1)C1=CC=CN(C2CCc3c(O)cccc32)C1=C. The standard InChI is InChI=1S/C29H26N2O/c1-20(30-24-15-13-23(14-16-24)22-8-4-3-5-9-22)25-11-7-19-31(21(25)2)28-18-17-27-26(28)10-6-12-29(27)32/h3-16,19,28,30,32H,1-2,17-18H2. The molecule has 1 aliphatic heterocycles. The zero-order valence-electron chi connectivity index (χ0n) is 18.0. The number of anilines is 1. The summed E-state index contributed by atoms with van der Waals surface area (Å²) in [5.74, 6) is 0.386. The van der Waals surface area contributed by atoms with E-state index in [1.807, 2.05) is 36.4 Å². The number of aromatic hydroxyl groups is 1. The van der Waals surface area contributed by atoms with Crippen molar-refractivity contribution in [1.29, 1.82) is 0 Å². The van der Waals surface area contributed by atoms with Gasteiger partial charge in [-0.2, -0.15) is 0 Å². The van der Waals surface area contributed by atoms with Crippen molar-refractivity contribution in [3.63, 3.8) is 0 Å². The monoisotopic (exact) mass is 418 g/mol. The molecule has 0 amide bonds.